The van der Waals surface area contributed by atoms with Gasteiger partial charge in [0.2, 0.25) is 11.8 Å². The number of aliphatic hydroxyl groups is 1. The van der Waals surface area contributed by atoms with Crippen LogP contribution in [0.25, 0.3) is 21.7 Å². The van der Waals surface area contributed by atoms with E-state index in [1.807, 2.05) is 75.7 Å². The molecule has 0 bridgehead atoms. The predicted molar refractivity (Wildman–Crippen MR) is 280 cm³/mol. The summed E-state index contributed by atoms with van der Waals surface area (Å²) in [5, 5.41) is 37.0. The number of phenolic OH excluding ortho intramolecular Hbond substituents is 1. The van der Waals surface area contributed by atoms with Crippen LogP contribution < -0.4 is 20.7 Å². The highest BCUT2D eigenvalue weighted by molar-refractivity contribution is 7.13. The third-order valence-corrected chi connectivity index (χ3v) is 17.4. The number of morpholine rings is 1. The molecule has 4 atom stereocenters. The Hall–Kier alpha value is -5.66. The first-order valence-electron chi connectivity index (χ1n) is 26.5. The second kappa shape index (κ2) is 22.0. The Morgan fingerprint density at radius 3 is 2.47 bits per heavy atom. The molecule has 3 aromatic heterocycles. The van der Waals surface area contributed by atoms with Crippen molar-refractivity contribution < 1.29 is 33.8 Å². The van der Waals surface area contributed by atoms with Crippen LogP contribution in [-0.4, -0.2) is 146 Å². The minimum Gasteiger partial charge on any atom is -0.507 e. The van der Waals surface area contributed by atoms with Gasteiger partial charge in [-0.25, -0.2) is 4.98 Å². The summed E-state index contributed by atoms with van der Waals surface area (Å²) < 4.78 is 18.4. The number of thiazole rings is 1. The third-order valence-electron chi connectivity index (χ3n) is 16.4. The summed E-state index contributed by atoms with van der Waals surface area (Å²) >= 11 is 1.60. The highest BCUT2D eigenvalue weighted by Gasteiger charge is 2.45. The molecule has 5 N–H and O–H groups in total. The van der Waals surface area contributed by atoms with Gasteiger partial charge in [-0.3, -0.25) is 14.5 Å². The molecule has 2 aromatic carbocycles. The van der Waals surface area contributed by atoms with Gasteiger partial charge in [0, 0.05) is 63.4 Å². The van der Waals surface area contributed by atoms with Gasteiger partial charge in [-0.1, -0.05) is 50.2 Å². The molecule has 2 amide bonds. The lowest BCUT2D eigenvalue weighted by Crippen LogP contribution is -2.58. The van der Waals surface area contributed by atoms with Gasteiger partial charge < -0.3 is 50.0 Å². The monoisotopic (exact) mass is 1020 g/mol. The van der Waals surface area contributed by atoms with Crippen molar-refractivity contribution in [3.63, 3.8) is 0 Å². The molecule has 0 radical (unpaired) electrons. The molecular weight excluding hydrogens is 945 g/mol. The smallest absolute Gasteiger partial charge is 0.254 e. The van der Waals surface area contributed by atoms with Crippen LogP contribution in [0.1, 0.15) is 101 Å². The third kappa shape index (κ3) is 11.4. The van der Waals surface area contributed by atoms with Crippen LogP contribution in [0.5, 0.6) is 11.6 Å². The van der Waals surface area contributed by atoms with E-state index in [1.54, 1.807) is 29.5 Å². The fourth-order valence-corrected chi connectivity index (χ4v) is 12.9. The number of β-amino-alcohol motifs (C(OH)–C–C–N with tert-alkyl or cyclic N) is 1. The Balaban J connectivity index is 0.638. The standard InChI is InChI=1S/C55H72N10O7S/c1-34(2)50(54(69)65-31-42(66)27-46(65)53(68)58-35(3)39-9-11-40(12-10-39)51-36(4)57-33-73-51)48-29-49(61-72-48)70-23-15-37-13-18-63(19-14-37)41-25-38(26-41)30-62-22-24-71-55(32-62)16-20-64(21-17-55)45-28-44(59-60-52(45)56)43-7-5-6-8-47(43)67/h5-12,28-29,33-35,37-38,41-42,46,50,66-67H,13-27,30-32H2,1-4H3,(H2,56,60)(H,58,68)/t35-,38?,41?,42+,46-,50+/m0/s1. The first-order chi connectivity index (χ1) is 35.3. The van der Waals surface area contributed by atoms with Gasteiger partial charge in [-0.05, 0) is 124 Å². The number of anilines is 2. The van der Waals surface area contributed by atoms with E-state index in [-0.39, 0.29) is 48.1 Å². The number of nitrogens with one attached hydrogen (secondary N) is 1. The van der Waals surface area contributed by atoms with Crippen molar-refractivity contribution in [2.75, 3.05) is 76.2 Å². The van der Waals surface area contributed by atoms with E-state index in [1.165, 1.54) is 17.7 Å². The number of carbonyl (C=O) groups excluding carboxylic acids is 2. The number of nitrogens with zero attached hydrogens (tertiary/aromatic N) is 8. The van der Waals surface area contributed by atoms with Gasteiger partial charge in [0.15, 0.2) is 11.6 Å². The maximum Gasteiger partial charge on any atom is 0.254 e. The molecule has 10 rings (SSSR count). The maximum absolute atomic E-state index is 14.3. The number of phenols is 1. The van der Waals surface area contributed by atoms with Crippen LogP contribution in [-0.2, 0) is 14.3 Å². The number of aryl methyl sites for hydroxylation is 1. The number of amides is 2. The zero-order chi connectivity index (χ0) is 50.8. The van der Waals surface area contributed by atoms with Crippen LogP contribution in [0.3, 0.4) is 0 Å². The van der Waals surface area contributed by atoms with Gasteiger partial charge in [-0.2, -0.15) is 0 Å². The molecule has 390 valence electrons. The second-order valence-corrected chi connectivity index (χ2v) is 22.5. The fourth-order valence-electron chi connectivity index (χ4n) is 12.1. The molecule has 5 fully saturated rings. The molecule has 0 unspecified atom stereocenters. The zero-order valence-electron chi connectivity index (χ0n) is 42.7. The number of aliphatic hydroxyl groups excluding tert-OH is 1. The van der Waals surface area contributed by atoms with Gasteiger partial charge in [0.25, 0.3) is 5.88 Å². The lowest BCUT2D eigenvalue weighted by molar-refractivity contribution is -0.141. The van der Waals surface area contributed by atoms with Crippen LogP contribution in [0.4, 0.5) is 11.5 Å². The van der Waals surface area contributed by atoms with Crippen molar-refractivity contribution in [1.82, 2.24) is 40.4 Å². The number of aromatic nitrogens is 4. The molecule has 1 saturated carbocycles. The molecule has 7 heterocycles. The summed E-state index contributed by atoms with van der Waals surface area (Å²) in [7, 11) is 0. The highest BCUT2D eigenvalue weighted by Crippen LogP contribution is 2.40. The van der Waals surface area contributed by atoms with E-state index in [0.717, 1.165) is 112 Å². The topological polar surface area (TPSA) is 209 Å². The van der Waals surface area contributed by atoms with E-state index in [0.29, 0.717) is 53.2 Å². The molecule has 17 nitrogen and oxygen atoms in total. The lowest BCUT2D eigenvalue weighted by Gasteiger charge is -2.50. The summed E-state index contributed by atoms with van der Waals surface area (Å²) in [5.74, 6) is 1.20. The Kier molecular flexibility index (Phi) is 15.4. The number of carbonyl (C=O) groups is 2. The van der Waals surface area contributed by atoms with E-state index < -0.39 is 18.1 Å². The molecule has 4 aliphatic heterocycles. The van der Waals surface area contributed by atoms with E-state index in [2.05, 4.69) is 40.4 Å². The number of nitrogen functional groups attached to an aromatic ring is 1. The normalized spacial score (nSPS) is 23.6. The van der Waals surface area contributed by atoms with Crippen LogP contribution in [0, 0.1) is 24.7 Å². The Morgan fingerprint density at radius 1 is 0.973 bits per heavy atom. The number of para-hydroxylation sites is 1. The first-order valence-corrected chi connectivity index (χ1v) is 27.3. The summed E-state index contributed by atoms with van der Waals surface area (Å²) in [6.45, 7) is 16.1. The Labute approximate surface area is 432 Å². The molecule has 5 aliphatic rings. The molecule has 5 aromatic rings. The van der Waals surface area contributed by atoms with Gasteiger partial charge in [-0.15, -0.1) is 21.5 Å². The first kappa shape index (κ1) is 50.9. The zero-order valence-corrected chi connectivity index (χ0v) is 43.5. The fraction of sp³-hybridized carbons (Fsp3) is 0.564. The molecular formula is C55H72N10O7S. The molecule has 1 spiro atoms. The summed E-state index contributed by atoms with van der Waals surface area (Å²) in [4.78, 5) is 42.6. The predicted octanol–water partition coefficient (Wildman–Crippen LogP) is 7.06. The van der Waals surface area contributed by atoms with Crippen molar-refractivity contribution in [3.05, 3.63) is 83.2 Å². The minimum atomic E-state index is -0.812. The SMILES string of the molecule is Cc1ncsc1-c1ccc([C@H](C)NC(=O)[C@@H]2C[C@@H](O)CN2C(=O)[C@@H](c2cc(OCCC3CCN(C4CC(CN5CCOC6(CCN(c7cc(-c8ccccc8O)nnc7N)CC6)C5)C4)CC3)no2)C(C)C)cc1. The number of piperidine rings is 2. The maximum atomic E-state index is 14.3. The van der Waals surface area contributed by atoms with E-state index in [9.17, 15) is 19.8 Å². The lowest BCUT2D eigenvalue weighted by atomic mass is 9.77. The number of benzene rings is 2. The van der Waals surface area contributed by atoms with Gasteiger partial charge >= 0.3 is 0 Å². The Bertz CT molecular complexity index is 2680. The van der Waals surface area contributed by atoms with Gasteiger partial charge in [0.1, 0.15) is 17.7 Å². The Morgan fingerprint density at radius 2 is 1.74 bits per heavy atom. The van der Waals surface area contributed by atoms with Crippen LogP contribution in [0.15, 0.2) is 70.7 Å². The molecule has 73 heavy (non-hydrogen) atoms. The van der Waals surface area contributed by atoms with Crippen LogP contribution in [0.2, 0.25) is 0 Å². The van der Waals surface area contributed by atoms with Gasteiger partial charge in [0.05, 0.1) is 58.4 Å². The number of likely N-dealkylation sites (tertiary alicyclic amines) is 2. The number of hydrogen-bond donors (Lipinski definition) is 4. The van der Waals surface area contributed by atoms with Crippen molar-refractivity contribution in [3.8, 4) is 33.3 Å². The number of hydrogen-bond acceptors (Lipinski definition) is 16. The average molecular weight is 1020 g/mol. The molecule has 4 saturated heterocycles. The molecule has 18 heteroatoms. The van der Waals surface area contributed by atoms with E-state index >= 15 is 0 Å². The number of aromatic hydroxyl groups is 1. The minimum absolute atomic E-state index is 0.0700. The average Bonchev–Trinajstić information content (AvgIpc) is 4.13. The van der Waals surface area contributed by atoms with Crippen molar-refractivity contribution >= 4 is 34.7 Å². The van der Waals surface area contributed by atoms with Crippen molar-refractivity contribution in [2.45, 2.75) is 115 Å². The molecule has 1 aliphatic carbocycles. The number of nitrogens with two attached hydrogens (primary N) is 1. The van der Waals surface area contributed by atoms with Crippen LogP contribution >= 0.6 is 11.3 Å². The second-order valence-electron chi connectivity index (χ2n) is 21.7. The summed E-state index contributed by atoms with van der Waals surface area (Å²) in [5.41, 5.74) is 13.1. The van der Waals surface area contributed by atoms with Crippen molar-refractivity contribution in [1.29, 1.82) is 0 Å². The summed E-state index contributed by atoms with van der Waals surface area (Å²) in [6, 6.07) is 18.4. The highest BCUT2D eigenvalue weighted by atomic mass is 32.1. The summed E-state index contributed by atoms with van der Waals surface area (Å²) in [6.07, 6.45) is 6.92. The van der Waals surface area contributed by atoms with E-state index in [4.69, 9.17) is 19.7 Å². The largest absolute Gasteiger partial charge is 0.507 e. The number of ether oxygens (including phenoxy) is 2. The number of rotatable bonds is 16. The quantitative estimate of drug-likeness (QED) is 0.0780. The van der Waals surface area contributed by atoms with Crippen molar-refractivity contribution in [2.24, 2.45) is 17.8 Å².